The van der Waals surface area contributed by atoms with E-state index in [2.05, 4.69) is 15.5 Å². The molecule has 2 heterocycles. The number of carbonyl (C=O) groups is 2. The van der Waals surface area contributed by atoms with Crippen LogP contribution in [0.15, 0.2) is 40.9 Å². The largest absolute Gasteiger partial charge is 0.497 e. The number of ether oxygens (including phenoxy) is 1. The molecule has 3 aromatic rings. The maximum Gasteiger partial charge on any atom is 0.251 e. The topological polar surface area (TPSA) is 112 Å². The van der Waals surface area contributed by atoms with Crippen molar-refractivity contribution in [2.24, 2.45) is 12.8 Å². The molecule has 0 aliphatic carbocycles. The van der Waals surface area contributed by atoms with E-state index in [0.29, 0.717) is 21.5 Å². The third kappa shape index (κ3) is 4.18. The highest BCUT2D eigenvalue weighted by atomic mass is 32.2. The maximum atomic E-state index is 12.5. The maximum absolute atomic E-state index is 12.5. The molecule has 0 saturated heterocycles. The van der Waals surface area contributed by atoms with Gasteiger partial charge in [0.2, 0.25) is 5.91 Å². The number of thioether (sulfide) groups is 1. The highest BCUT2D eigenvalue weighted by Gasteiger charge is 2.21. The van der Waals surface area contributed by atoms with Gasteiger partial charge >= 0.3 is 0 Å². The lowest BCUT2D eigenvalue weighted by Gasteiger charge is -2.11. The molecule has 0 aliphatic heterocycles. The van der Waals surface area contributed by atoms with Gasteiger partial charge in [-0.2, -0.15) is 0 Å². The second-order valence-corrected chi connectivity index (χ2v) is 8.09. The summed E-state index contributed by atoms with van der Waals surface area (Å²) >= 11 is 2.53. The Morgan fingerprint density at radius 1 is 1.25 bits per heavy atom. The summed E-state index contributed by atoms with van der Waals surface area (Å²) < 4.78 is 7.00. The molecule has 0 bridgehead atoms. The zero-order chi connectivity index (χ0) is 20.3. The van der Waals surface area contributed by atoms with Gasteiger partial charge in [-0.05, 0) is 42.6 Å². The molecule has 0 saturated carbocycles. The Kier molecular flexibility index (Phi) is 6.00. The van der Waals surface area contributed by atoms with Crippen LogP contribution in [0.3, 0.4) is 0 Å². The van der Waals surface area contributed by atoms with Crippen LogP contribution >= 0.6 is 23.1 Å². The quantitative estimate of drug-likeness (QED) is 0.572. The number of nitrogens with two attached hydrogens (primary N) is 1. The van der Waals surface area contributed by atoms with E-state index in [1.807, 2.05) is 35.9 Å². The van der Waals surface area contributed by atoms with Gasteiger partial charge in [0.05, 0.1) is 17.9 Å². The summed E-state index contributed by atoms with van der Waals surface area (Å²) in [6, 6.07) is 9.09. The molecule has 3 N–H and O–H groups in total. The third-order valence-corrected chi connectivity index (χ3v) is 5.97. The monoisotopic (exact) mass is 417 g/mol. The van der Waals surface area contributed by atoms with Crippen LogP contribution < -0.4 is 15.8 Å². The van der Waals surface area contributed by atoms with E-state index in [1.165, 1.54) is 23.1 Å². The molecule has 10 heteroatoms. The summed E-state index contributed by atoms with van der Waals surface area (Å²) in [4.78, 5) is 23.9. The van der Waals surface area contributed by atoms with E-state index in [4.69, 9.17) is 10.5 Å². The first-order valence-electron chi connectivity index (χ1n) is 8.29. The molecule has 0 unspecified atom stereocenters. The van der Waals surface area contributed by atoms with Crippen molar-refractivity contribution in [3.05, 3.63) is 41.3 Å². The first kappa shape index (κ1) is 19.9. The number of methoxy groups -OCH3 is 1. The number of hydrogen-bond donors (Lipinski definition) is 2. The van der Waals surface area contributed by atoms with Gasteiger partial charge in [-0.3, -0.25) is 9.59 Å². The number of nitrogens with one attached hydrogen (secondary N) is 1. The van der Waals surface area contributed by atoms with E-state index in [1.54, 1.807) is 25.5 Å². The second-order valence-electron chi connectivity index (χ2n) is 5.87. The Labute approximate surface area is 170 Å². The van der Waals surface area contributed by atoms with Crippen LogP contribution in [0.5, 0.6) is 5.75 Å². The van der Waals surface area contributed by atoms with Crippen LogP contribution in [0.4, 0.5) is 5.00 Å². The normalized spacial score (nSPS) is 11.8. The molecule has 0 fully saturated rings. The van der Waals surface area contributed by atoms with Crippen LogP contribution in [-0.2, 0) is 11.8 Å². The van der Waals surface area contributed by atoms with Crippen molar-refractivity contribution < 1.29 is 14.3 Å². The minimum Gasteiger partial charge on any atom is -0.497 e. The Balaban J connectivity index is 1.71. The van der Waals surface area contributed by atoms with Crippen molar-refractivity contribution in [1.29, 1.82) is 0 Å². The van der Waals surface area contributed by atoms with E-state index in [9.17, 15) is 9.59 Å². The van der Waals surface area contributed by atoms with Gasteiger partial charge in [0.15, 0.2) is 11.0 Å². The molecule has 0 spiro atoms. The molecule has 0 aliphatic rings. The van der Waals surface area contributed by atoms with Gasteiger partial charge in [0, 0.05) is 12.6 Å². The number of anilines is 1. The fourth-order valence-corrected chi connectivity index (χ4v) is 4.04. The average Bonchev–Trinajstić information content (AvgIpc) is 3.29. The van der Waals surface area contributed by atoms with E-state index in [-0.39, 0.29) is 5.91 Å². The Hall–Kier alpha value is -2.85. The Morgan fingerprint density at radius 3 is 2.61 bits per heavy atom. The lowest BCUT2D eigenvalue weighted by atomic mass is 10.2. The van der Waals surface area contributed by atoms with Crippen LogP contribution in [0.25, 0.3) is 11.4 Å². The highest BCUT2D eigenvalue weighted by Crippen LogP contribution is 2.28. The average molecular weight is 418 g/mol. The summed E-state index contributed by atoms with van der Waals surface area (Å²) in [5, 5.41) is 13.5. The van der Waals surface area contributed by atoms with Gasteiger partial charge in [-0.25, -0.2) is 0 Å². The first-order chi connectivity index (χ1) is 13.4. The fraction of sp³-hybridized carbons (Fsp3) is 0.222. The molecule has 28 heavy (non-hydrogen) atoms. The van der Waals surface area contributed by atoms with Gasteiger partial charge in [0.1, 0.15) is 10.8 Å². The van der Waals surface area contributed by atoms with Crippen LogP contribution in [0.2, 0.25) is 0 Å². The predicted molar refractivity (Wildman–Crippen MR) is 110 cm³/mol. The molecular weight excluding hydrogens is 398 g/mol. The lowest BCUT2D eigenvalue weighted by molar-refractivity contribution is -0.115. The summed E-state index contributed by atoms with van der Waals surface area (Å²) in [6.45, 7) is 1.76. The first-order valence-corrected chi connectivity index (χ1v) is 10.0. The zero-order valence-electron chi connectivity index (χ0n) is 15.5. The minimum atomic E-state index is -0.575. The number of nitrogens with zero attached hydrogens (tertiary/aromatic N) is 3. The van der Waals surface area contributed by atoms with Gasteiger partial charge in [-0.15, -0.1) is 21.5 Å². The van der Waals surface area contributed by atoms with Crippen molar-refractivity contribution in [1.82, 2.24) is 14.8 Å². The lowest BCUT2D eigenvalue weighted by Crippen LogP contribution is -2.24. The van der Waals surface area contributed by atoms with Crippen LogP contribution in [0.1, 0.15) is 17.3 Å². The van der Waals surface area contributed by atoms with Crippen molar-refractivity contribution in [2.45, 2.75) is 17.3 Å². The molecule has 146 valence electrons. The van der Waals surface area contributed by atoms with E-state index < -0.39 is 11.2 Å². The number of benzene rings is 1. The molecule has 3 rings (SSSR count). The van der Waals surface area contributed by atoms with Crippen molar-refractivity contribution >= 4 is 39.9 Å². The number of amides is 2. The molecule has 1 atom stereocenters. The molecule has 0 radical (unpaired) electrons. The summed E-state index contributed by atoms with van der Waals surface area (Å²) in [5.74, 6) is 0.625. The van der Waals surface area contributed by atoms with Gasteiger partial charge in [0.25, 0.3) is 5.91 Å². The SMILES string of the molecule is COc1ccc(-c2nnc(S[C@H](C)C(=O)Nc3sccc3C(N)=O)n2C)cc1. The number of aromatic nitrogens is 3. The molecule has 2 amide bonds. The van der Waals surface area contributed by atoms with Crippen molar-refractivity contribution in [3.63, 3.8) is 0 Å². The second kappa shape index (κ2) is 8.44. The Morgan fingerprint density at radius 2 is 1.96 bits per heavy atom. The zero-order valence-corrected chi connectivity index (χ0v) is 17.1. The number of primary amides is 1. The minimum absolute atomic E-state index is 0.246. The number of hydrogen-bond acceptors (Lipinski definition) is 7. The third-order valence-electron chi connectivity index (χ3n) is 4.00. The van der Waals surface area contributed by atoms with Crippen molar-refractivity contribution in [2.75, 3.05) is 12.4 Å². The summed E-state index contributed by atoms with van der Waals surface area (Å²) in [7, 11) is 3.46. The van der Waals surface area contributed by atoms with Crippen molar-refractivity contribution in [3.8, 4) is 17.1 Å². The standard InChI is InChI=1S/C18H19N5O3S2/c1-10(16(25)20-17-13(14(19)24)8-9-27-17)28-18-22-21-15(23(18)2)11-4-6-12(26-3)7-5-11/h4-10H,1-3H3,(H2,19,24)(H,20,25)/t10-/m1/s1. The van der Waals surface area contributed by atoms with E-state index >= 15 is 0 Å². The number of thiophene rings is 1. The fourth-order valence-electron chi connectivity index (χ4n) is 2.43. The van der Waals surface area contributed by atoms with E-state index in [0.717, 1.165) is 11.3 Å². The van der Waals surface area contributed by atoms with Gasteiger partial charge in [-0.1, -0.05) is 11.8 Å². The molecule has 1 aromatic carbocycles. The highest BCUT2D eigenvalue weighted by molar-refractivity contribution is 8.00. The number of carbonyl (C=O) groups excluding carboxylic acids is 2. The smallest absolute Gasteiger partial charge is 0.251 e. The van der Waals surface area contributed by atoms with Gasteiger partial charge < -0.3 is 20.4 Å². The summed E-state index contributed by atoms with van der Waals surface area (Å²) in [5.41, 5.74) is 6.51. The summed E-state index contributed by atoms with van der Waals surface area (Å²) in [6.07, 6.45) is 0. The van der Waals surface area contributed by atoms with Crippen LogP contribution in [0, 0.1) is 0 Å². The Bertz CT molecular complexity index is 997. The predicted octanol–water partition coefficient (Wildman–Crippen LogP) is 2.77. The molecule has 2 aromatic heterocycles. The van der Waals surface area contributed by atoms with Crippen LogP contribution in [-0.4, -0.2) is 38.9 Å². The molecular formula is C18H19N5O3S2. The molecule has 8 nitrogen and oxygen atoms in total. The number of rotatable bonds is 7.